The summed E-state index contributed by atoms with van der Waals surface area (Å²) in [5, 5.41) is 12.9. The molecule has 0 saturated carbocycles. The van der Waals surface area contributed by atoms with Gasteiger partial charge in [0.1, 0.15) is 0 Å². The SMILES string of the molecule is COc1cc(/C=C/[C@@H]2CCCN2)ccc1O. The van der Waals surface area contributed by atoms with Gasteiger partial charge in [-0.15, -0.1) is 0 Å². The van der Waals surface area contributed by atoms with Gasteiger partial charge in [0.25, 0.3) is 0 Å². The number of nitrogens with one attached hydrogen (secondary N) is 1. The largest absolute Gasteiger partial charge is 0.504 e. The Morgan fingerprint density at radius 3 is 3.06 bits per heavy atom. The van der Waals surface area contributed by atoms with Crippen LogP contribution in [0.5, 0.6) is 11.5 Å². The van der Waals surface area contributed by atoms with Gasteiger partial charge in [-0.05, 0) is 37.1 Å². The zero-order valence-electron chi connectivity index (χ0n) is 9.44. The van der Waals surface area contributed by atoms with E-state index in [1.807, 2.05) is 12.1 Å². The first-order valence-corrected chi connectivity index (χ1v) is 5.58. The van der Waals surface area contributed by atoms with Crippen LogP contribution >= 0.6 is 0 Å². The lowest BCUT2D eigenvalue weighted by Crippen LogP contribution is -2.17. The number of rotatable bonds is 3. The summed E-state index contributed by atoms with van der Waals surface area (Å²) in [7, 11) is 1.56. The first kappa shape index (κ1) is 11.0. The molecule has 3 nitrogen and oxygen atoms in total. The highest BCUT2D eigenvalue weighted by Crippen LogP contribution is 2.26. The Morgan fingerprint density at radius 2 is 2.38 bits per heavy atom. The minimum absolute atomic E-state index is 0.179. The van der Waals surface area contributed by atoms with Gasteiger partial charge in [0.05, 0.1) is 7.11 Å². The van der Waals surface area contributed by atoms with Gasteiger partial charge in [-0.2, -0.15) is 0 Å². The van der Waals surface area contributed by atoms with Crippen LogP contribution in [0.2, 0.25) is 0 Å². The van der Waals surface area contributed by atoms with Gasteiger partial charge in [-0.25, -0.2) is 0 Å². The number of hydrogen-bond acceptors (Lipinski definition) is 3. The highest BCUT2D eigenvalue weighted by Gasteiger charge is 2.09. The van der Waals surface area contributed by atoms with E-state index in [0.717, 1.165) is 12.1 Å². The molecule has 0 spiro atoms. The summed E-state index contributed by atoms with van der Waals surface area (Å²) in [6.45, 7) is 1.11. The summed E-state index contributed by atoms with van der Waals surface area (Å²) in [4.78, 5) is 0. The zero-order valence-corrected chi connectivity index (χ0v) is 9.44. The van der Waals surface area contributed by atoms with Crippen LogP contribution in [0.25, 0.3) is 6.08 Å². The maximum atomic E-state index is 9.45. The minimum Gasteiger partial charge on any atom is -0.504 e. The van der Waals surface area contributed by atoms with Crippen LogP contribution in [0.1, 0.15) is 18.4 Å². The van der Waals surface area contributed by atoms with Crippen molar-refractivity contribution in [2.45, 2.75) is 18.9 Å². The Bertz CT molecular complexity index is 382. The molecule has 2 rings (SSSR count). The molecule has 1 aliphatic heterocycles. The Balaban J connectivity index is 2.08. The van der Waals surface area contributed by atoms with E-state index in [9.17, 15) is 5.11 Å². The third kappa shape index (κ3) is 2.55. The second-order valence-corrected chi connectivity index (χ2v) is 3.99. The molecular weight excluding hydrogens is 202 g/mol. The summed E-state index contributed by atoms with van der Waals surface area (Å²) in [6.07, 6.45) is 6.67. The van der Waals surface area contributed by atoms with E-state index in [4.69, 9.17) is 4.74 Å². The van der Waals surface area contributed by atoms with Gasteiger partial charge >= 0.3 is 0 Å². The lowest BCUT2D eigenvalue weighted by Gasteiger charge is -2.05. The van der Waals surface area contributed by atoms with E-state index in [2.05, 4.69) is 17.5 Å². The van der Waals surface area contributed by atoms with E-state index in [-0.39, 0.29) is 5.75 Å². The number of benzene rings is 1. The van der Waals surface area contributed by atoms with Gasteiger partial charge in [0.15, 0.2) is 11.5 Å². The van der Waals surface area contributed by atoms with Gasteiger partial charge in [0.2, 0.25) is 0 Å². The third-order valence-corrected chi connectivity index (χ3v) is 2.82. The number of ether oxygens (including phenoxy) is 1. The van der Waals surface area contributed by atoms with Crippen LogP contribution in [-0.4, -0.2) is 24.8 Å². The Hall–Kier alpha value is -1.48. The Morgan fingerprint density at radius 1 is 1.50 bits per heavy atom. The molecular formula is C13H17NO2. The molecule has 1 atom stereocenters. The van der Waals surface area contributed by atoms with E-state index < -0.39 is 0 Å². The quantitative estimate of drug-likeness (QED) is 0.818. The molecule has 1 heterocycles. The van der Waals surface area contributed by atoms with Crippen molar-refractivity contribution in [2.75, 3.05) is 13.7 Å². The number of hydrogen-bond donors (Lipinski definition) is 2. The second kappa shape index (κ2) is 5.03. The number of aromatic hydroxyl groups is 1. The summed E-state index contributed by atoms with van der Waals surface area (Å²) in [5.41, 5.74) is 1.04. The fraction of sp³-hybridized carbons (Fsp3) is 0.385. The van der Waals surface area contributed by atoms with Gasteiger partial charge in [0, 0.05) is 6.04 Å². The lowest BCUT2D eigenvalue weighted by molar-refractivity contribution is 0.373. The maximum absolute atomic E-state index is 9.45. The Labute approximate surface area is 95.7 Å². The predicted molar refractivity (Wildman–Crippen MR) is 64.7 cm³/mol. The molecule has 86 valence electrons. The monoisotopic (exact) mass is 219 g/mol. The van der Waals surface area contributed by atoms with Crippen LogP contribution < -0.4 is 10.1 Å². The van der Waals surface area contributed by atoms with Crippen molar-refractivity contribution in [3.63, 3.8) is 0 Å². The third-order valence-electron chi connectivity index (χ3n) is 2.82. The first-order chi connectivity index (χ1) is 7.79. The fourth-order valence-corrected chi connectivity index (χ4v) is 1.90. The molecule has 0 unspecified atom stereocenters. The summed E-state index contributed by atoms with van der Waals surface area (Å²) in [5.74, 6) is 0.695. The molecule has 0 aromatic heterocycles. The van der Waals surface area contributed by atoms with Crippen molar-refractivity contribution in [3.05, 3.63) is 29.8 Å². The maximum Gasteiger partial charge on any atom is 0.161 e. The standard InChI is InChI=1S/C13H17NO2/c1-16-13-9-10(5-7-12(13)15)4-6-11-3-2-8-14-11/h4-7,9,11,14-15H,2-3,8H2,1H3/b6-4+/t11-/m0/s1. The molecule has 0 bridgehead atoms. The van der Waals surface area contributed by atoms with Crippen LogP contribution in [-0.2, 0) is 0 Å². The van der Waals surface area contributed by atoms with Crippen LogP contribution in [0.4, 0.5) is 0 Å². The molecule has 0 radical (unpaired) electrons. The summed E-state index contributed by atoms with van der Waals surface area (Å²) in [6, 6.07) is 5.85. The average molecular weight is 219 g/mol. The molecule has 0 aliphatic carbocycles. The molecule has 1 aliphatic rings. The van der Waals surface area contributed by atoms with Crippen molar-refractivity contribution < 1.29 is 9.84 Å². The van der Waals surface area contributed by atoms with Crippen molar-refractivity contribution in [1.29, 1.82) is 0 Å². The molecule has 0 amide bonds. The smallest absolute Gasteiger partial charge is 0.161 e. The van der Waals surface area contributed by atoms with Gasteiger partial charge < -0.3 is 15.2 Å². The molecule has 2 N–H and O–H groups in total. The normalized spacial score (nSPS) is 20.4. The highest BCUT2D eigenvalue weighted by atomic mass is 16.5. The zero-order chi connectivity index (χ0) is 11.4. The minimum atomic E-state index is 0.179. The van der Waals surface area contributed by atoms with Gasteiger partial charge in [-0.3, -0.25) is 0 Å². The molecule has 3 heteroatoms. The van der Waals surface area contributed by atoms with E-state index in [0.29, 0.717) is 11.8 Å². The van der Waals surface area contributed by atoms with Gasteiger partial charge in [-0.1, -0.05) is 18.2 Å². The second-order valence-electron chi connectivity index (χ2n) is 3.99. The van der Waals surface area contributed by atoms with Crippen LogP contribution in [0, 0.1) is 0 Å². The molecule has 1 saturated heterocycles. The first-order valence-electron chi connectivity index (χ1n) is 5.58. The fourth-order valence-electron chi connectivity index (χ4n) is 1.90. The van der Waals surface area contributed by atoms with Crippen molar-refractivity contribution in [1.82, 2.24) is 5.32 Å². The number of phenols is 1. The number of methoxy groups -OCH3 is 1. The van der Waals surface area contributed by atoms with E-state index in [1.54, 1.807) is 13.2 Å². The van der Waals surface area contributed by atoms with Crippen molar-refractivity contribution in [3.8, 4) is 11.5 Å². The van der Waals surface area contributed by atoms with Crippen LogP contribution in [0.3, 0.4) is 0 Å². The predicted octanol–water partition coefficient (Wildman–Crippen LogP) is 2.17. The number of phenolic OH excluding ortho intramolecular Hbond substituents is 1. The average Bonchev–Trinajstić information content (AvgIpc) is 2.81. The van der Waals surface area contributed by atoms with Crippen molar-refractivity contribution >= 4 is 6.08 Å². The molecule has 1 aromatic rings. The topological polar surface area (TPSA) is 41.5 Å². The molecule has 16 heavy (non-hydrogen) atoms. The Kier molecular flexibility index (Phi) is 3.47. The summed E-state index contributed by atoms with van der Waals surface area (Å²) >= 11 is 0. The molecule has 1 fully saturated rings. The lowest BCUT2D eigenvalue weighted by atomic mass is 10.1. The van der Waals surface area contributed by atoms with E-state index >= 15 is 0 Å². The van der Waals surface area contributed by atoms with Crippen molar-refractivity contribution in [2.24, 2.45) is 0 Å². The highest BCUT2D eigenvalue weighted by molar-refractivity contribution is 5.56. The van der Waals surface area contributed by atoms with Crippen LogP contribution in [0.15, 0.2) is 24.3 Å². The molecule has 1 aromatic carbocycles. The van der Waals surface area contributed by atoms with E-state index in [1.165, 1.54) is 12.8 Å². The summed E-state index contributed by atoms with van der Waals surface area (Å²) < 4.78 is 5.06.